The first-order chi connectivity index (χ1) is 21.8. The highest BCUT2D eigenvalue weighted by Crippen LogP contribution is 2.34. The maximum absolute atomic E-state index is 14.1. The molecule has 2 aromatic heterocycles. The molecule has 1 atom stereocenters. The second-order valence-electron chi connectivity index (χ2n) is 10.8. The number of carbonyl (C=O) groups excluding carboxylic acids is 1. The Balaban J connectivity index is 1.37. The molecule has 0 saturated carbocycles. The van der Waals surface area contributed by atoms with Crippen LogP contribution >= 0.6 is 22.9 Å². The zero-order valence-corrected chi connectivity index (χ0v) is 27.0. The van der Waals surface area contributed by atoms with Crippen LogP contribution in [0.2, 0.25) is 5.02 Å². The molecular formula is C36H32ClN3O4S. The number of aryl methyl sites for hydroxylation is 1. The second-order valence-corrected chi connectivity index (χ2v) is 12.2. The third-order valence-corrected chi connectivity index (χ3v) is 9.14. The minimum Gasteiger partial charge on any atom is -0.489 e. The monoisotopic (exact) mass is 637 g/mol. The van der Waals surface area contributed by atoms with Crippen LogP contribution in [0.15, 0.2) is 106 Å². The lowest BCUT2D eigenvalue weighted by Gasteiger charge is -2.25. The van der Waals surface area contributed by atoms with Crippen LogP contribution < -0.4 is 19.6 Å². The summed E-state index contributed by atoms with van der Waals surface area (Å²) in [4.78, 5) is 32.4. The summed E-state index contributed by atoms with van der Waals surface area (Å²) >= 11 is 7.92. The molecule has 0 N–H and O–H groups in total. The van der Waals surface area contributed by atoms with Gasteiger partial charge in [0.1, 0.15) is 18.4 Å². The van der Waals surface area contributed by atoms with E-state index in [1.165, 1.54) is 11.3 Å². The number of nitrogens with zero attached hydrogens (tertiary/aromatic N) is 3. The van der Waals surface area contributed by atoms with E-state index in [4.69, 9.17) is 21.1 Å². The summed E-state index contributed by atoms with van der Waals surface area (Å²) in [6.45, 7) is 8.29. The molecule has 0 spiro atoms. The fraction of sp³-hybridized carbons (Fsp3) is 0.194. The lowest BCUT2D eigenvalue weighted by molar-refractivity contribution is -0.139. The molecule has 45 heavy (non-hydrogen) atoms. The van der Waals surface area contributed by atoms with Crippen LogP contribution in [0.3, 0.4) is 0 Å². The van der Waals surface area contributed by atoms with Crippen LogP contribution in [0.5, 0.6) is 5.75 Å². The smallest absolute Gasteiger partial charge is 0.338 e. The molecule has 1 aliphatic heterocycles. The fourth-order valence-electron chi connectivity index (χ4n) is 5.69. The molecule has 0 amide bonds. The molecule has 0 bridgehead atoms. The number of aromatic nitrogens is 2. The molecule has 0 radical (unpaired) electrons. The average Bonchev–Trinajstić information content (AvgIpc) is 3.49. The molecule has 7 nitrogen and oxygen atoms in total. The molecule has 3 aromatic carbocycles. The van der Waals surface area contributed by atoms with Crippen molar-refractivity contribution in [2.24, 2.45) is 4.99 Å². The van der Waals surface area contributed by atoms with Gasteiger partial charge in [-0.3, -0.25) is 9.36 Å². The highest BCUT2D eigenvalue weighted by molar-refractivity contribution is 7.07. The van der Waals surface area contributed by atoms with E-state index < -0.39 is 12.0 Å². The molecule has 1 aliphatic rings. The predicted octanol–water partition coefficient (Wildman–Crippen LogP) is 6.44. The molecule has 3 heterocycles. The number of allylic oxidation sites excluding steroid dienone is 1. The SMILES string of the molecule is CCOC(=O)C1=C(C)N=c2s/c(=C\c3cc(C)n(-c4ccc(OCc5ccccc5)cc4)c3C)c(=O)n2[C@@H]1c1ccccc1Cl. The highest BCUT2D eigenvalue weighted by atomic mass is 35.5. The first-order valence-electron chi connectivity index (χ1n) is 14.7. The van der Waals surface area contributed by atoms with E-state index in [-0.39, 0.29) is 12.2 Å². The standard InChI is InChI=1S/C36H32ClN3O4S/c1-5-43-35(42)32-23(3)38-36-40(33(32)29-13-9-10-14-30(29)37)34(41)31(45-36)20-26-19-22(2)39(24(26)4)27-15-17-28(18-16-27)44-21-25-11-7-6-8-12-25/h6-20,33H,5,21H2,1-4H3/b31-20-/t33-/m1/s1. The van der Waals surface area contributed by atoms with E-state index >= 15 is 0 Å². The van der Waals surface area contributed by atoms with Gasteiger partial charge < -0.3 is 14.0 Å². The lowest BCUT2D eigenvalue weighted by Crippen LogP contribution is -2.40. The van der Waals surface area contributed by atoms with Crippen molar-refractivity contribution >= 4 is 35.0 Å². The van der Waals surface area contributed by atoms with Gasteiger partial charge in [0, 0.05) is 22.1 Å². The van der Waals surface area contributed by atoms with Crippen LogP contribution in [-0.2, 0) is 16.1 Å². The van der Waals surface area contributed by atoms with Crippen molar-refractivity contribution in [3.05, 3.63) is 149 Å². The molecule has 6 rings (SSSR count). The Morgan fingerprint density at radius 3 is 2.42 bits per heavy atom. The summed E-state index contributed by atoms with van der Waals surface area (Å²) in [6, 6.07) is 26.6. The minimum atomic E-state index is -0.758. The number of esters is 1. The summed E-state index contributed by atoms with van der Waals surface area (Å²) in [5.41, 5.74) is 6.23. The van der Waals surface area contributed by atoms with Crippen LogP contribution in [-0.4, -0.2) is 21.7 Å². The number of thiazole rings is 1. The molecule has 0 fully saturated rings. The van der Waals surface area contributed by atoms with Crippen LogP contribution in [0.4, 0.5) is 0 Å². The highest BCUT2D eigenvalue weighted by Gasteiger charge is 2.34. The Hall–Kier alpha value is -4.66. The van der Waals surface area contributed by atoms with Crippen LogP contribution in [0, 0.1) is 13.8 Å². The molecule has 228 valence electrons. The number of fused-ring (bicyclic) bond motifs is 1. The largest absolute Gasteiger partial charge is 0.489 e. The van der Waals surface area contributed by atoms with Gasteiger partial charge in [-0.1, -0.05) is 71.5 Å². The molecule has 0 aliphatic carbocycles. The van der Waals surface area contributed by atoms with Crippen LogP contribution in [0.1, 0.15) is 48.0 Å². The number of hydrogen-bond donors (Lipinski definition) is 0. The third kappa shape index (κ3) is 5.91. The Morgan fingerprint density at radius 1 is 1.00 bits per heavy atom. The molecule has 0 unspecified atom stereocenters. The van der Waals surface area contributed by atoms with Crippen molar-refractivity contribution in [3.63, 3.8) is 0 Å². The number of carbonyl (C=O) groups is 1. The Bertz CT molecular complexity index is 2110. The van der Waals surface area contributed by atoms with Gasteiger partial charge in [-0.2, -0.15) is 0 Å². The number of benzene rings is 3. The summed E-state index contributed by atoms with van der Waals surface area (Å²) < 4.78 is 15.6. The zero-order valence-electron chi connectivity index (χ0n) is 25.4. The Kier molecular flexibility index (Phi) is 8.61. The number of rotatable bonds is 8. The number of halogens is 1. The zero-order chi connectivity index (χ0) is 31.7. The molecule has 5 aromatic rings. The Labute approximate surface area is 270 Å². The van der Waals surface area contributed by atoms with E-state index in [2.05, 4.69) is 15.6 Å². The Morgan fingerprint density at radius 2 is 1.71 bits per heavy atom. The van der Waals surface area contributed by atoms with E-state index in [0.29, 0.717) is 37.8 Å². The predicted molar refractivity (Wildman–Crippen MR) is 178 cm³/mol. The van der Waals surface area contributed by atoms with Gasteiger partial charge in [0.2, 0.25) is 0 Å². The normalized spacial score (nSPS) is 14.7. The maximum Gasteiger partial charge on any atom is 0.338 e. The lowest BCUT2D eigenvalue weighted by atomic mass is 9.96. The first-order valence-corrected chi connectivity index (χ1v) is 15.9. The number of ether oxygens (including phenoxy) is 2. The van der Waals surface area contributed by atoms with Crippen molar-refractivity contribution in [1.29, 1.82) is 0 Å². The summed E-state index contributed by atoms with van der Waals surface area (Å²) in [7, 11) is 0. The van der Waals surface area contributed by atoms with Gasteiger partial charge in [-0.05, 0) is 86.9 Å². The molecular weight excluding hydrogens is 606 g/mol. The van der Waals surface area contributed by atoms with Crippen molar-refractivity contribution in [2.45, 2.75) is 40.3 Å². The van der Waals surface area contributed by atoms with Gasteiger partial charge in [0.15, 0.2) is 4.80 Å². The third-order valence-electron chi connectivity index (χ3n) is 7.82. The second kappa shape index (κ2) is 12.8. The average molecular weight is 638 g/mol. The summed E-state index contributed by atoms with van der Waals surface area (Å²) in [5.74, 6) is 0.273. The van der Waals surface area contributed by atoms with Gasteiger partial charge in [0.05, 0.1) is 22.4 Å². The quantitative estimate of drug-likeness (QED) is 0.184. The molecule has 9 heteroatoms. The van der Waals surface area contributed by atoms with Crippen molar-refractivity contribution < 1.29 is 14.3 Å². The first kappa shape index (κ1) is 30.4. The summed E-state index contributed by atoms with van der Waals surface area (Å²) in [6.07, 6.45) is 1.90. The summed E-state index contributed by atoms with van der Waals surface area (Å²) in [5, 5.41) is 0.452. The van der Waals surface area contributed by atoms with Crippen LogP contribution in [0.25, 0.3) is 11.8 Å². The fourth-order valence-corrected chi connectivity index (χ4v) is 6.96. The van der Waals surface area contributed by atoms with Crippen molar-refractivity contribution in [3.8, 4) is 11.4 Å². The maximum atomic E-state index is 14.1. The van der Waals surface area contributed by atoms with Gasteiger partial charge in [-0.25, -0.2) is 9.79 Å². The van der Waals surface area contributed by atoms with E-state index in [1.807, 2.05) is 92.7 Å². The van der Waals surface area contributed by atoms with E-state index in [9.17, 15) is 9.59 Å². The topological polar surface area (TPSA) is 74.8 Å². The minimum absolute atomic E-state index is 0.203. The van der Waals surface area contributed by atoms with E-state index in [1.54, 1.807) is 24.5 Å². The van der Waals surface area contributed by atoms with Gasteiger partial charge in [0.25, 0.3) is 5.56 Å². The van der Waals surface area contributed by atoms with Gasteiger partial charge in [-0.15, -0.1) is 0 Å². The van der Waals surface area contributed by atoms with Crippen molar-refractivity contribution in [2.75, 3.05) is 6.61 Å². The molecule has 0 saturated heterocycles. The van der Waals surface area contributed by atoms with Crippen molar-refractivity contribution in [1.82, 2.24) is 9.13 Å². The number of hydrogen-bond acceptors (Lipinski definition) is 6. The van der Waals surface area contributed by atoms with E-state index in [0.717, 1.165) is 34.0 Å². The van der Waals surface area contributed by atoms with Gasteiger partial charge >= 0.3 is 5.97 Å².